The molecule has 1 saturated carbocycles. The van der Waals surface area contributed by atoms with E-state index in [0.717, 1.165) is 29.8 Å². The maximum atomic E-state index is 3.56. The van der Waals surface area contributed by atoms with Crippen molar-refractivity contribution in [1.29, 1.82) is 0 Å². The van der Waals surface area contributed by atoms with Crippen LogP contribution in [0.5, 0.6) is 0 Å². The molecule has 19 heavy (non-hydrogen) atoms. The maximum absolute atomic E-state index is 3.56. The van der Waals surface area contributed by atoms with Crippen molar-refractivity contribution >= 4 is 0 Å². The molecule has 0 spiro atoms. The Labute approximate surface area is 119 Å². The SMILES string of the molecule is CNC1CCC(C)CC1CN1CC(C)C(N(C)C)C1. The molecule has 1 saturated heterocycles. The number of hydrogen-bond donors (Lipinski definition) is 1. The van der Waals surface area contributed by atoms with E-state index in [1.807, 2.05) is 0 Å². The largest absolute Gasteiger partial charge is 0.317 e. The molecule has 1 aliphatic heterocycles. The lowest BCUT2D eigenvalue weighted by Gasteiger charge is -2.37. The minimum Gasteiger partial charge on any atom is -0.317 e. The normalized spacial score (nSPS) is 41.1. The third kappa shape index (κ3) is 3.71. The molecular formula is C16H33N3. The summed E-state index contributed by atoms with van der Waals surface area (Å²) in [5.41, 5.74) is 0. The van der Waals surface area contributed by atoms with Crippen LogP contribution in [0.4, 0.5) is 0 Å². The Bertz CT molecular complexity index is 279. The Hall–Kier alpha value is -0.120. The van der Waals surface area contributed by atoms with E-state index >= 15 is 0 Å². The topological polar surface area (TPSA) is 18.5 Å². The van der Waals surface area contributed by atoms with Crippen LogP contribution in [0, 0.1) is 17.8 Å². The van der Waals surface area contributed by atoms with Gasteiger partial charge in [0.25, 0.3) is 0 Å². The van der Waals surface area contributed by atoms with Gasteiger partial charge in [0.2, 0.25) is 0 Å². The first-order valence-electron chi connectivity index (χ1n) is 8.07. The number of likely N-dealkylation sites (tertiary alicyclic amines) is 1. The van der Waals surface area contributed by atoms with Crippen LogP contribution in [-0.4, -0.2) is 62.7 Å². The number of nitrogens with one attached hydrogen (secondary N) is 1. The van der Waals surface area contributed by atoms with Crippen molar-refractivity contribution in [1.82, 2.24) is 15.1 Å². The van der Waals surface area contributed by atoms with Gasteiger partial charge in [0.15, 0.2) is 0 Å². The molecule has 0 aromatic heterocycles. The Morgan fingerprint density at radius 1 is 1.16 bits per heavy atom. The molecule has 0 aromatic carbocycles. The zero-order valence-corrected chi connectivity index (χ0v) is 13.5. The summed E-state index contributed by atoms with van der Waals surface area (Å²) in [6.45, 7) is 8.67. The van der Waals surface area contributed by atoms with Crippen LogP contribution in [0.15, 0.2) is 0 Å². The number of nitrogens with zero attached hydrogens (tertiary/aromatic N) is 2. The Balaban J connectivity index is 1.89. The van der Waals surface area contributed by atoms with Crippen LogP contribution in [0.25, 0.3) is 0 Å². The van der Waals surface area contributed by atoms with Crippen LogP contribution in [-0.2, 0) is 0 Å². The summed E-state index contributed by atoms with van der Waals surface area (Å²) in [4.78, 5) is 5.12. The summed E-state index contributed by atoms with van der Waals surface area (Å²) in [5.74, 6) is 2.57. The highest BCUT2D eigenvalue weighted by Gasteiger charge is 2.35. The van der Waals surface area contributed by atoms with Gasteiger partial charge in [-0.05, 0) is 58.2 Å². The number of likely N-dealkylation sites (N-methyl/N-ethyl adjacent to an activating group) is 1. The average molecular weight is 267 g/mol. The fourth-order valence-corrected chi connectivity index (χ4v) is 4.28. The lowest BCUT2D eigenvalue weighted by molar-refractivity contribution is 0.158. The highest BCUT2D eigenvalue weighted by molar-refractivity contribution is 4.91. The first-order chi connectivity index (χ1) is 9.01. The first kappa shape index (κ1) is 15.3. The van der Waals surface area contributed by atoms with Gasteiger partial charge in [-0.2, -0.15) is 0 Å². The first-order valence-corrected chi connectivity index (χ1v) is 8.07. The van der Waals surface area contributed by atoms with Crippen molar-refractivity contribution < 1.29 is 0 Å². The van der Waals surface area contributed by atoms with E-state index < -0.39 is 0 Å². The van der Waals surface area contributed by atoms with E-state index in [9.17, 15) is 0 Å². The second-order valence-corrected chi connectivity index (χ2v) is 7.30. The minimum absolute atomic E-state index is 0.741. The van der Waals surface area contributed by atoms with E-state index in [0.29, 0.717) is 0 Å². The van der Waals surface area contributed by atoms with Crippen molar-refractivity contribution in [3.8, 4) is 0 Å². The Morgan fingerprint density at radius 2 is 1.89 bits per heavy atom. The molecule has 3 nitrogen and oxygen atoms in total. The number of rotatable bonds is 4. The third-order valence-electron chi connectivity index (χ3n) is 5.42. The van der Waals surface area contributed by atoms with Gasteiger partial charge in [-0.25, -0.2) is 0 Å². The van der Waals surface area contributed by atoms with Gasteiger partial charge in [-0.1, -0.05) is 13.8 Å². The van der Waals surface area contributed by atoms with Gasteiger partial charge < -0.3 is 15.1 Å². The van der Waals surface area contributed by atoms with Crippen molar-refractivity contribution in [3.05, 3.63) is 0 Å². The maximum Gasteiger partial charge on any atom is 0.0254 e. The van der Waals surface area contributed by atoms with Gasteiger partial charge in [0.05, 0.1) is 0 Å². The van der Waals surface area contributed by atoms with Crippen molar-refractivity contribution in [2.24, 2.45) is 17.8 Å². The Kier molecular flexibility index (Phi) is 5.27. The average Bonchev–Trinajstić information content (AvgIpc) is 2.71. The standard InChI is InChI=1S/C16H33N3/c1-12-6-7-15(17-3)14(8-12)10-19-9-13(2)16(11-19)18(4)5/h12-17H,6-11H2,1-5H3. The lowest BCUT2D eigenvalue weighted by atomic mass is 9.78. The molecule has 1 aliphatic carbocycles. The molecular weight excluding hydrogens is 234 g/mol. The van der Waals surface area contributed by atoms with Gasteiger partial charge in [-0.15, -0.1) is 0 Å². The fraction of sp³-hybridized carbons (Fsp3) is 1.00. The molecule has 2 aliphatic rings. The molecule has 0 amide bonds. The highest BCUT2D eigenvalue weighted by atomic mass is 15.2. The second kappa shape index (κ2) is 6.55. The molecule has 0 radical (unpaired) electrons. The Morgan fingerprint density at radius 3 is 2.47 bits per heavy atom. The predicted molar refractivity (Wildman–Crippen MR) is 82.4 cm³/mol. The molecule has 1 N–H and O–H groups in total. The third-order valence-corrected chi connectivity index (χ3v) is 5.42. The highest BCUT2D eigenvalue weighted by Crippen LogP contribution is 2.31. The molecule has 112 valence electrons. The lowest BCUT2D eigenvalue weighted by Crippen LogP contribution is -2.44. The summed E-state index contributed by atoms with van der Waals surface area (Å²) in [7, 11) is 6.59. The van der Waals surface area contributed by atoms with Gasteiger partial charge >= 0.3 is 0 Å². The van der Waals surface area contributed by atoms with E-state index in [-0.39, 0.29) is 0 Å². The summed E-state index contributed by atoms with van der Waals surface area (Å²) in [6.07, 6.45) is 4.17. The van der Waals surface area contributed by atoms with Crippen molar-refractivity contribution in [2.45, 2.75) is 45.2 Å². The van der Waals surface area contributed by atoms with Crippen LogP contribution in [0.2, 0.25) is 0 Å². The zero-order chi connectivity index (χ0) is 14.0. The molecule has 5 atom stereocenters. The monoisotopic (exact) mass is 267 g/mol. The summed E-state index contributed by atoms with van der Waals surface area (Å²) in [5, 5.41) is 3.56. The summed E-state index contributed by atoms with van der Waals surface area (Å²) < 4.78 is 0. The van der Waals surface area contributed by atoms with Gasteiger partial charge in [-0.3, -0.25) is 0 Å². The fourth-order valence-electron chi connectivity index (χ4n) is 4.28. The van der Waals surface area contributed by atoms with Crippen LogP contribution in [0.1, 0.15) is 33.1 Å². The molecule has 1 heterocycles. The van der Waals surface area contributed by atoms with Crippen LogP contribution in [0.3, 0.4) is 0 Å². The van der Waals surface area contributed by atoms with E-state index in [4.69, 9.17) is 0 Å². The molecule has 2 rings (SSSR count). The predicted octanol–water partition coefficient (Wildman–Crippen LogP) is 1.89. The molecule has 0 aromatic rings. The van der Waals surface area contributed by atoms with E-state index in [1.165, 1.54) is 38.9 Å². The smallest absolute Gasteiger partial charge is 0.0254 e. The summed E-state index contributed by atoms with van der Waals surface area (Å²) >= 11 is 0. The quantitative estimate of drug-likeness (QED) is 0.839. The van der Waals surface area contributed by atoms with Crippen LogP contribution < -0.4 is 5.32 Å². The zero-order valence-electron chi connectivity index (χ0n) is 13.5. The molecule has 0 bridgehead atoms. The van der Waals surface area contributed by atoms with Crippen molar-refractivity contribution in [3.63, 3.8) is 0 Å². The van der Waals surface area contributed by atoms with Gasteiger partial charge in [0.1, 0.15) is 0 Å². The van der Waals surface area contributed by atoms with Crippen molar-refractivity contribution in [2.75, 3.05) is 40.8 Å². The van der Waals surface area contributed by atoms with E-state index in [1.54, 1.807) is 0 Å². The minimum atomic E-state index is 0.741. The van der Waals surface area contributed by atoms with E-state index in [2.05, 4.69) is 50.1 Å². The second-order valence-electron chi connectivity index (χ2n) is 7.30. The summed E-state index contributed by atoms with van der Waals surface area (Å²) in [6, 6.07) is 1.49. The molecule has 5 unspecified atom stereocenters. The van der Waals surface area contributed by atoms with Gasteiger partial charge in [0, 0.05) is 31.7 Å². The molecule has 2 fully saturated rings. The number of hydrogen-bond acceptors (Lipinski definition) is 3. The van der Waals surface area contributed by atoms with Crippen LogP contribution >= 0.6 is 0 Å². The molecule has 3 heteroatoms.